The lowest BCUT2D eigenvalue weighted by Gasteiger charge is -2.11. The summed E-state index contributed by atoms with van der Waals surface area (Å²) in [5, 5.41) is 7.08. The molecule has 0 fully saturated rings. The fourth-order valence-corrected chi connectivity index (χ4v) is 3.50. The molecule has 0 spiro atoms. The largest absolute Gasteiger partial charge is 0.493 e. The summed E-state index contributed by atoms with van der Waals surface area (Å²) in [6.07, 6.45) is 0. The van der Waals surface area contributed by atoms with E-state index in [4.69, 9.17) is 9.47 Å². The van der Waals surface area contributed by atoms with E-state index in [0.29, 0.717) is 18.0 Å². The highest BCUT2D eigenvalue weighted by molar-refractivity contribution is 7.98. The summed E-state index contributed by atoms with van der Waals surface area (Å²) in [7, 11) is 1.59. The first-order chi connectivity index (χ1) is 11.2. The van der Waals surface area contributed by atoms with Crippen LogP contribution in [0.5, 0.6) is 11.5 Å². The van der Waals surface area contributed by atoms with Gasteiger partial charge in [-0.1, -0.05) is 6.07 Å². The van der Waals surface area contributed by atoms with Crippen LogP contribution in [0.4, 0.5) is 0 Å². The van der Waals surface area contributed by atoms with Crippen LogP contribution in [0.3, 0.4) is 0 Å². The van der Waals surface area contributed by atoms with Crippen molar-refractivity contribution in [3.05, 3.63) is 46.2 Å². The molecule has 0 bridgehead atoms. The van der Waals surface area contributed by atoms with Crippen LogP contribution in [0, 0.1) is 6.92 Å². The van der Waals surface area contributed by atoms with E-state index in [1.54, 1.807) is 30.2 Å². The van der Waals surface area contributed by atoms with Crippen molar-refractivity contribution in [2.75, 3.05) is 26.0 Å². The summed E-state index contributed by atoms with van der Waals surface area (Å²) in [6.45, 7) is 2.61. The van der Waals surface area contributed by atoms with Gasteiger partial charge in [0, 0.05) is 18.1 Å². The molecule has 6 heteroatoms. The Morgan fingerprint density at radius 3 is 2.91 bits per heavy atom. The number of hydrogen-bond acceptors (Lipinski definition) is 5. The summed E-state index contributed by atoms with van der Waals surface area (Å²) in [5.41, 5.74) is 2.42. The SMILES string of the molecule is COc1cc(C)ccc1OCC(=O)NCCSCc1ccsc1. The third-order valence-electron chi connectivity index (χ3n) is 3.10. The molecule has 2 rings (SSSR count). The third kappa shape index (κ3) is 6.15. The van der Waals surface area contributed by atoms with Crippen molar-refractivity contribution in [3.8, 4) is 11.5 Å². The molecule has 0 radical (unpaired) electrons. The Balaban J connectivity index is 1.63. The molecule has 124 valence electrons. The Bertz CT molecular complexity index is 614. The first kappa shape index (κ1) is 17.7. The maximum absolute atomic E-state index is 11.8. The Hall–Kier alpha value is -1.66. The number of carbonyl (C=O) groups excluding carboxylic acids is 1. The van der Waals surface area contributed by atoms with Gasteiger partial charge in [-0.05, 0) is 47.0 Å². The number of amides is 1. The van der Waals surface area contributed by atoms with Gasteiger partial charge in [0.2, 0.25) is 0 Å². The van der Waals surface area contributed by atoms with Gasteiger partial charge in [0.15, 0.2) is 18.1 Å². The smallest absolute Gasteiger partial charge is 0.257 e. The second-order valence-corrected chi connectivity index (χ2v) is 6.86. The van der Waals surface area contributed by atoms with E-state index in [2.05, 4.69) is 22.1 Å². The molecule has 23 heavy (non-hydrogen) atoms. The maximum atomic E-state index is 11.8. The number of thioether (sulfide) groups is 1. The number of aryl methyl sites for hydroxylation is 1. The van der Waals surface area contributed by atoms with Crippen LogP contribution in [-0.4, -0.2) is 31.9 Å². The van der Waals surface area contributed by atoms with Gasteiger partial charge < -0.3 is 14.8 Å². The average Bonchev–Trinajstić information content (AvgIpc) is 3.06. The van der Waals surface area contributed by atoms with Gasteiger partial charge in [-0.15, -0.1) is 0 Å². The lowest BCUT2D eigenvalue weighted by Crippen LogP contribution is -2.30. The van der Waals surface area contributed by atoms with E-state index in [0.717, 1.165) is 17.1 Å². The normalized spacial score (nSPS) is 10.3. The molecule has 1 N–H and O–H groups in total. The van der Waals surface area contributed by atoms with E-state index in [1.807, 2.05) is 25.1 Å². The van der Waals surface area contributed by atoms with E-state index in [1.165, 1.54) is 5.56 Å². The maximum Gasteiger partial charge on any atom is 0.257 e. The molecule has 0 atom stereocenters. The molecule has 1 amide bonds. The number of hydrogen-bond donors (Lipinski definition) is 1. The summed E-state index contributed by atoms with van der Waals surface area (Å²) < 4.78 is 10.8. The monoisotopic (exact) mass is 351 g/mol. The Morgan fingerprint density at radius 1 is 1.30 bits per heavy atom. The van der Waals surface area contributed by atoms with Crippen molar-refractivity contribution < 1.29 is 14.3 Å². The average molecular weight is 351 g/mol. The molecular weight excluding hydrogens is 330 g/mol. The van der Waals surface area contributed by atoms with Gasteiger partial charge in [0.05, 0.1) is 7.11 Å². The van der Waals surface area contributed by atoms with Crippen LogP contribution in [0.1, 0.15) is 11.1 Å². The standard InChI is InChI=1S/C17H21NO3S2/c1-13-3-4-15(16(9-13)20-2)21-10-17(19)18-6-8-23-12-14-5-7-22-11-14/h3-5,7,9,11H,6,8,10,12H2,1-2H3,(H,18,19). The third-order valence-corrected chi connectivity index (χ3v) is 4.86. The number of nitrogens with one attached hydrogen (secondary N) is 1. The lowest BCUT2D eigenvalue weighted by atomic mass is 10.2. The minimum atomic E-state index is -0.122. The van der Waals surface area contributed by atoms with Gasteiger partial charge >= 0.3 is 0 Å². The van der Waals surface area contributed by atoms with Crippen LogP contribution in [0.2, 0.25) is 0 Å². The predicted octanol–water partition coefficient (Wildman–Crippen LogP) is 3.49. The van der Waals surface area contributed by atoms with E-state index < -0.39 is 0 Å². The molecule has 1 aromatic carbocycles. The van der Waals surface area contributed by atoms with Crippen LogP contribution in [0.15, 0.2) is 35.0 Å². The molecule has 0 aliphatic rings. The highest BCUT2D eigenvalue weighted by atomic mass is 32.2. The Labute approximate surface area is 145 Å². The zero-order valence-electron chi connectivity index (χ0n) is 13.3. The second-order valence-electron chi connectivity index (χ2n) is 4.98. The molecule has 0 saturated heterocycles. The quantitative estimate of drug-likeness (QED) is 0.703. The van der Waals surface area contributed by atoms with Crippen molar-refractivity contribution in [2.24, 2.45) is 0 Å². The highest BCUT2D eigenvalue weighted by Crippen LogP contribution is 2.27. The molecule has 4 nitrogen and oxygen atoms in total. The zero-order valence-corrected chi connectivity index (χ0v) is 15.0. The van der Waals surface area contributed by atoms with Crippen molar-refractivity contribution in [1.82, 2.24) is 5.32 Å². The molecule has 2 aromatic rings. The number of benzene rings is 1. The second kappa shape index (κ2) is 9.47. The van der Waals surface area contributed by atoms with Gasteiger partial charge in [0.25, 0.3) is 5.91 Å². The number of methoxy groups -OCH3 is 1. The highest BCUT2D eigenvalue weighted by Gasteiger charge is 2.07. The molecular formula is C17H21NO3S2. The number of carbonyl (C=O) groups is 1. The first-order valence-electron chi connectivity index (χ1n) is 7.32. The molecule has 0 unspecified atom stereocenters. The molecule has 0 saturated carbocycles. The van der Waals surface area contributed by atoms with Gasteiger partial charge in [0.1, 0.15) is 0 Å². The van der Waals surface area contributed by atoms with Gasteiger partial charge in [-0.3, -0.25) is 4.79 Å². The number of rotatable bonds is 9. The molecule has 1 heterocycles. The summed E-state index contributed by atoms with van der Waals surface area (Å²) in [4.78, 5) is 11.8. The fraction of sp³-hybridized carbons (Fsp3) is 0.353. The fourth-order valence-electron chi connectivity index (χ4n) is 1.92. The summed E-state index contributed by atoms with van der Waals surface area (Å²) >= 11 is 3.51. The zero-order chi connectivity index (χ0) is 16.5. The summed E-state index contributed by atoms with van der Waals surface area (Å²) in [5.74, 6) is 2.97. The topological polar surface area (TPSA) is 47.6 Å². The number of ether oxygens (including phenoxy) is 2. The predicted molar refractivity (Wildman–Crippen MR) is 96.7 cm³/mol. The minimum absolute atomic E-state index is 0.00534. The van der Waals surface area contributed by atoms with Gasteiger partial charge in [-0.2, -0.15) is 23.1 Å². The Morgan fingerprint density at radius 2 is 2.17 bits per heavy atom. The van der Waals surface area contributed by atoms with Crippen molar-refractivity contribution >= 4 is 29.0 Å². The lowest BCUT2D eigenvalue weighted by molar-refractivity contribution is -0.122. The van der Waals surface area contributed by atoms with Crippen LogP contribution in [-0.2, 0) is 10.5 Å². The van der Waals surface area contributed by atoms with Crippen molar-refractivity contribution in [2.45, 2.75) is 12.7 Å². The van der Waals surface area contributed by atoms with Crippen LogP contribution >= 0.6 is 23.1 Å². The van der Waals surface area contributed by atoms with E-state index >= 15 is 0 Å². The van der Waals surface area contributed by atoms with Crippen LogP contribution in [0.25, 0.3) is 0 Å². The first-order valence-corrected chi connectivity index (χ1v) is 9.41. The molecule has 0 aliphatic carbocycles. The molecule has 1 aromatic heterocycles. The number of thiophene rings is 1. The Kier molecular flexibility index (Phi) is 7.29. The minimum Gasteiger partial charge on any atom is -0.493 e. The van der Waals surface area contributed by atoms with Crippen LogP contribution < -0.4 is 14.8 Å². The van der Waals surface area contributed by atoms with Gasteiger partial charge in [-0.25, -0.2) is 0 Å². The van der Waals surface area contributed by atoms with Crippen molar-refractivity contribution in [1.29, 1.82) is 0 Å². The van der Waals surface area contributed by atoms with E-state index in [9.17, 15) is 4.79 Å². The molecule has 0 aliphatic heterocycles. The van der Waals surface area contributed by atoms with Crippen molar-refractivity contribution in [3.63, 3.8) is 0 Å². The van der Waals surface area contributed by atoms with E-state index in [-0.39, 0.29) is 12.5 Å². The summed E-state index contributed by atoms with van der Waals surface area (Å²) in [6, 6.07) is 7.75.